The van der Waals surface area contributed by atoms with Crippen molar-refractivity contribution in [1.29, 1.82) is 0 Å². The lowest BCUT2D eigenvalue weighted by Gasteiger charge is -2.39. The summed E-state index contributed by atoms with van der Waals surface area (Å²) in [6, 6.07) is 14.4. The van der Waals surface area contributed by atoms with Crippen molar-refractivity contribution in [1.82, 2.24) is 0 Å². The molecular formula is C29H39O2PS. The average molecular weight is 483 g/mol. The summed E-state index contributed by atoms with van der Waals surface area (Å²) in [7, 11) is -0.172. The Morgan fingerprint density at radius 1 is 0.909 bits per heavy atom. The normalized spacial score (nSPS) is 18.7. The van der Waals surface area contributed by atoms with E-state index in [9.17, 15) is 9.90 Å². The molecule has 2 fully saturated rings. The van der Waals surface area contributed by atoms with Crippen molar-refractivity contribution in [3.05, 3.63) is 59.2 Å². The average Bonchev–Trinajstić information content (AvgIpc) is 2.85. The summed E-state index contributed by atoms with van der Waals surface area (Å²) in [5.74, 6) is 0.674. The van der Waals surface area contributed by atoms with Gasteiger partial charge in [-0.2, -0.15) is 0 Å². The van der Waals surface area contributed by atoms with Crippen molar-refractivity contribution in [2.45, 2.75) is 89.1 Å². The van der Waals surface area contributed by atoms with Crippen molar-refractivity contribution in [3.63, 3.8) is 0 Å². The van der Waals surface area contributed by atoms with Crippen LogP contribution in [0.4, 0.5) is 0 Å². The van der Waals surface area contributed by atoms with Gasteiger partial charge in [0, 0.05) is 5.16 Å². The van der Waals surface area contributed by atoms with Gasteiger partial charge in [-0.15, -0.1) is 11.8 Å². The highest BCUT2D eigenvalue weighted by molar-refractivity contribution is 7.96. The van der Waals surface area contributed by atoms with Crippen LogP contribution >= 0.6 is 7.36 Å². The molecule has 1 unspecified atom stereocenters. The van der Waals surface area contributed by atoms with E-state index in [4.69, 9.17) is 11.8 Å². The molecule has 0 aromatic heterocycles. The number of aromatic carboxylic acids is 1. The minimum absolute atomic E-state index is 0.0494. The van der Waals surface area contributed by atoms with Crippen molar-refractivity contribution in [2.24, 2.45) is 11.8 Å². The summed E-state index contributed by atoms with van der Waals surface area (Å²) in [5.41, 5.74) is 4.72. The fourth-order valence-corrected chi connectivity index (χ4v) is 8.59. The molecule has 1 N–H and O–H groups in total. The quantitative estimate of drug-likeness (QED) is 0.384. The number of rotatable bonds is 8. The van der Waals surface area contributed by atoms with Gasteiger partial charge in [0.2, 0.25) is 0 Å². The van der Waals surface area contributed by atoms with Crippen LogP contribution in [-0.2, 0) is 17.0 Å². The maximum absolute atomic E-state index is 12.2. The molecule has 0 spiro atoms. The molecule has 2 aliphatic rings. The molecule has 2 saturated carbocycles. The highest BCUT2D eigenvalue weighted by atomic mass is 32.4. The minimum atomic E-state index is -0.851. The third-order valence-corrected chi connectivity index (χ3v) is 10.9. The Morgan fingerprint density at radius 2 is 1.48 bits per heavy atom. The first-order valence-corrected chi connectivity index (χ1v) is 15.4. The van der Waals surface area contributed by atoms with Gasteiger partial charge in [-0.3, -0.25) is 0 Å². The number of benzene rings is 2. The van der Waals surface area contributed by atoms with Crippen LogP contribution in [-0.4, -0.2) is 11.1 Å². The van der Waals surface area contributed by atoms with Crippen molar-refractivity contribution in [3.8, 4) is 11.1 Å². The van der Waals surface area contributed by atoms with Crippen LogP contribution in [0.5, 0.6) is 0 Å². The maximum atomic E-state index is 12.2. The van der Waals surface area contributed by atoms with Gasteiger partial charge in [0.15, 0.2) is 0 Å². The fourth-order valence-electron chi connectivity index (χ4n) is 6.43. The zero-order chi connectivity index (χ0) is 23.3. The molecule has 1 atom stereocenters. The summed E-state index contributed by atoms with van der Waals surface area (Å²) in [6.07, 6.45) is 15.9. The van der Waals surface area contributed by atoms with Gasteiger partial charge in [0.05, 0.1) is 5.56 Å². The number of aryl methyl sites for hydroxylation is 1. The van der Waals surface area contributed by atoms with E-state index >= 15 is 0 Å². The van der Waals surface area contributed by atoms with Gasteiger partial charge in [-0.1, -0.05) is 102 Å². The number of hydrogen-bond acceptors (Lipinski definition) is 2. The Kier molecular flexibility index (Phi) is 8.47. The zero-order valence-electron chi connectivity index (χ0n) is 20.0. The van der Waals surface area contributed by atoms with Crippen molar-refractivity contribution >= 4 is 25.1 Å². The van der Waals surface area contributed by atoms with E-state index in [1.54, 1.807) is 0 Å². The molecule has 0 heterocycles. The standard InChI is InChI=1S/C29H39O2PS/c1-21-10-8-9-15-25(21)27-18-24(16-17-26(27)28(30)31)29(32-33,19-22-11-4-2-5-12-22)20-23-13-6-3-7-14-23/h8-10,15-18,22-23H,2-7,11-14,19-20,32H2,1H3,(H,30,31). The first-order valence-electron chi connectivity index (χ1n) is 12.9. The predicted molar refractivity (Wildman–Crippen MR) is 145 cm³/mol. The molecule has 33 heavy (non-hydrogen) atoms. The molecule has 4 heteroatoms. The van der Waals surface area contributed by atoms with Crippen LogP contribution < -0.4 is 0 Å². The number of carbonyl (C=O) groups is 1. The molecule has 4 rings (SSSR count). The van der Waals surface area contributed by atoms with Crippen LogP contribution in [0.15, 0.2) is 42.5 Å². The predicted octanol–water partition coefficient (Wildman–Crippen LogP) is 8.37. The largest absolute Gasteiger partial charge is 0.478 e. The van der Waals surface area contributed by atoms with Gasteiger partial charge in [-0.25, -0.2) is 4.79 Å². The van der Waals surface area contributed by atoms with Crippen LogP contribution in [0.3, 0.4) is 0 Å². The summed E-state index contributed by atoms with van der Waals surface area (Å²) in [5, 5.41) is 10.0. The SMILES string of the molecule is Cc1ccccc1-c1cc(C(CC2CCCCC2)(CC2CCCCC2)[PH2]=S)ccc1C(=O)O. The van der Waals surface area contributed by atoms with Gasteiger partial charge < -0.3 is 5.11 Å². The molecule has 178 valence electrons. The highest BCUT2D eigenvalue weighted by Gasteiger charge is 2.36. The van der Waals surface area contributed by atoms with E-state index in [0.29, 0.717) is 5.56 Å². The summed E-state index contributed by atoms with van der Waals surface area (Å²) >= 11 is 6.04. The van der Waals surface area contributed by atoms with Crippen LogP contribution in [0.2, 0.25) is 0 Å². The molecule has 2 aromatic carbocycles. The highest BCUT2D eigenvalue weighted by Crippen LogP contribution is 2.51. The van der Waals surface area contributed by atoms with E-state index in [1.165, 1.54) is 82.6 Å². The third kappa shape index (κ3) is 5.80. The summed E-state index contributed by atoms with van der Waals surface area (Å²) < 4.78 is 0. The molecular weight excluding hydrogens is 443 g/mol. The van der Waals surface area contributed by atoms with E-state index in [1.807, 2.05) is 18.2 Å². The van der Waals surface area contributed by atoms with Gasteiger partial charge >= 0.3 is 5.97 Å². The maximum Gasteiger partial charge on any atom is 0.336 e. The Balaban J connectivity index is 1.79. The monoisotopic (exact) mass is 482 g/mol. The van der Waals surface area contributed by atoms with Gasteiger partial charge in [-0.05, 0) is 66.0 Å². The Bertz CT molecular complexity index is 953. The second-order valence-corrected chi connectivity index (χ2v) is 12.6. The Labute approximate surface area is 206 Å². The van der Waals surface area contributed by atoms with E-state index in [-0.39, 0.29) is 12.5 Å². The smallest absolute Gasteiger partial charge is 0.336 e. The van der Waals surface area contributed by atoms with Crippen LogP contribution in [0.25, 0.3) is 11.1 Å². The first-order chi connectivity index (χ1) is 16.0. The Hall–Kier alpha value is -1.44. The molecule has 0 saturated heterocycles. The lowest BCUT2D eigenvalue weighted by atomic mass is 9.73. The molecule has 2 aliphatic carbocycles. The summed E-state index contributed by atoms with van der Waals surface area (Å²) in [4.78, 5) is 12.2. The van der Waals surface area contributed by atoms with E-state index < -0.39 is 5.97 Å². The molecule has 0 aliphatic heterocycles. The van der Waals surface area contributed by atoms with Crippen molar-refractivity contribution < 1.29 is 9.90 Å². The Morgan fingerprint density at radius 3 is 2.00 bits per heavy atom. The summed E-state index contributed by atoms with van der Waals surface area (Å²) in [6.45, 7) is 2.07. The number of hydrogen-bond donors (Lipinski definition) is 1. The first kappa shape index (κ1) is 24.7. The topological polar surface area (TPSA) is 37.3 Å². The van der Waals surface area contributed by atoms with Gasteiger partial charge in [0.25, 0.3) is 0 Å². The van der Waals surface area contributed by atoms with Crippen molar-refractivity contribution in [2.75, 3.05) is 0 Å². The molecule has 0 bridgehead atoms. The minimum Gasteiger partial charge on any atom is -0.478 e. The lowest BCUT2D eigenvalue weighted by molar-refractivity contribution is 0.0697. The van der Waals surface area contributed by atoms with Crippen LogP contribution in [0, 0.1) is 18.8 Å². The number of carboxylic acids is 1. The third-order valence-electron chi connectivity index (χ3n) is 8.24. The molecule has 2 aromatic rings. The molecule has 0 amide bonds. The number of carboxylic acid groups (broad SMARTS) is 1. The lowest BCUT2D eigenvalue weighted by Crippen LogP contribution is -2.28. The zero-order valence-corrected chi connectivity index (χ0v) is 22.0. The second kappa shape index (κ2) is 11.3. The second-order valence-electron chi connectivity index (χ2n) is 10.6. The molecule has 2 nitrogen and oxygen atoms in total. The van der Waals surface area contributed by atoms with Crippen LogP contribution in [0.1, 0.15) is 98.5 Å². The van der Waals surface area contributed by atoms with E-state index in [0.717, 1.165) is 28.5 Å². The molecule has 0 radical (unpaired) electrons. The fraction of sp³-hybridized carbons (Fsp3) is 0.552. The van der Waals surface area contributed by atoms with Gasteiger partial charge in [0.1, 0.15) is 0 Å². The van der Waals surface area contributed by atoms with E-state index in [2.05, 4.69) is 31.2 Å².